The molecule has 0 aliphatic carbocycles. The van der Waals surface area contributed by atoms with Crippen molar-refractivity contribution >= 4 is 23.3 Å². The summed E-state index contributed by atoms with van der Waals surface area (Å²) in [4.78, 5) is 34.9. The van der Waals surface area contributed by atoms with Gasteiger partial charge in [-0.25, -0.2) is 0 Å². The van der Waals surface area contributed by atoms with Crippen molar-refractivity contribution in [3.05, 3.63) is 41.0 Å². The molecule has 0 aromatic heterocycles. The molecule has 0 aliphatic heterocycles. The molecule has 0 saturated carbocycles. The zero-order valence-corrected chi connectivity index (χ0v) is 28.5. The number of rotatable bonds is 14. The minimum Gasteiger partial charge on any atom is -0.653 e. The van der Waals surface area contributed by atoms with Crippen molar-refractivity contribution < 1.29 is 131 Å². The van der Waals surface area contributed by atoms with Crippen LogP contribution in [0.15, 0.2) is 30.3 Å². The maximum atomic E-state index is 11.7. The predicted molar refractivity (Wildman–Crippen MR) is 109 cm³/mol. The molecule has 0 saturated heterocycles. The van der Waals surface area contributed by atoms with E-state index in [2.05, 4.69) is 10.6 Å². The number of ketones is 1. The first kappa shape index (κ1) is 32.6. The fourth-order valence-electron chi connectivity index (χ4n) is 2.59. The van der Waals surface area contributed by atoms with Crippen molar-refractivity contribution in [1.82, 2.24) is 0 Å². The molecule has 0 atom stereocenters. The number of Topliss-reactive ketones (excluding diaryl/α,β-unsaturated/α-hetero) is 1. The Morgan fingerprint density at radius 2 is 1.31 bits per heavy atom. The molecule has 1 aromatic carbocycles. The zero-order valence-electron chi connectivity index (χ0n) is 18.7. The molecule has 1 rings (SSSR count). The van der Waals surface area contributed by atoms with Crippen LogP contribution >= 0.6 is 0 Å². The second-order valence-corrected chi connectivity index (χ2v) is 7.11. The van der Waals surface area contributed by atoms with Gasteiger partial charge in [-0.2, -0.15) is 0 Å². The normalized spacial score (nSPS) is 9.90. The maximum absolute atomic E-state index is 11.7. The molecule has 0 spiro atoms. The fourth-order valence-corrected chi connectivity index (χ4v) is 2.59. The molecule has 150 valence electrons. The molecule has 0 radical (unpaired) electrons. The Hall–Kier alpha value is 1.44. The average molecular weight is 543 g/mol. The SMILES string of the molecule is CC(C)C(=O)CCCCCC(=O)[N-]CCCCCC(=O)[N-]c1ccccc1.[Rb+].[Rb+]. The molecule has 0 unspecified atom stereocenters. The molecule has 1 aromatic rings. The van der Waals surface area contributed by atoms with E-state index in [0.29, 0.717) is 37.3 Å². The van der Waals surface area contributed by atoms with Gasteiger partial charge < -0.3 is 20.2 Å². The van der Waals surface area contributed by atoms with Crippen molar-refractivity contribution in [2.24, 2.45) is 5.92 Å². The maximum Gasteiger partial charge on any atom is 1.00 e. The van der Waals surface area contributed by atoms with Gasteiger partial charge in [0, 0.05) is 12.3 Å². The molecule has 5 nitrogen and oxygen atoms in total. The third kappa shape index (κ3) is 18.7. The molecule has 0 bridgehead atoms. The van der Waals surface area contributed by atoms with Crippen molar-refractivity contribution in [2.75, 3.05) is 6.54 Å². The van der Waals surface area contributed by atoms with Crippen LogP contribution in [0.4, 0.5) is 5.69 Å². The Balaban J connectivity index is 0. The van der Waals surface area contributed by atoms with Crippen LogP contribution in [0, 0.1) is 5.92 Å². The van der Waals surface area contributed by atoms with E-state index in [9.17, 15) is 14.4 Å². The van der Waals surface area contributed by atoms with Crippen LogP contribution in [-0.4, -0.2) is 24.1 Å². The second kappa shape index (κ2) is 21.3. The van der Waals surface area contributed by atoms with E-state index in [-0.39, 0.29) is 134 Å². The van der Waals surface area contributed by atoms with Crippen LogP contribution in [0.2, 0.25) is 0 Å². The van der Waals surface area contributed by atoms with E-state index >= 15 is 0 Å². The Morgan fingerprint density at radius 1 is 0.759 bits per heavy atom. The quantitative estimate of drug-likeness (QED) is 0.307. The van der Waals surface area contributed by atoms with Gasteiger partial charge in [-0.05, 0) is 32.1 Å². The zero-order chi connectivity index (χ0) is 19.9. The number of amides is 2. The third-order valence-electron chi connectivity index (χ3n) is 4.30. The van der Waals surface area contributed by atoms with Gasteiger partial charge in [-0.1, -0.05) is 63.4 Å². The minimum atomic E-state index is -0.106. The summed E-state index contributed by atoms with van der Waals surface area (Å²) in [5, 5.41) is 8.09. The summed E-state index contributed by atoms with van der Waals surface area (Å²) in [7, 11) is 0. The van der Waals surface area contributed by atoms with E-state index < -0.39 is 0 Å². The number of benzene rings is 1. The van der Waals surface area contributed by atoms with Crippen LogP contribution in [-0.2, 0) is 14.4 Å². The van der Waals surface area contributed by atoms with Gasteiger partial charge in [-0.3, -0.25) is 4.79 Å². The van der Waals surface area contributed by atoms with Crippen LogP contribution in [0.3, 0.4) is 0 Å². The van der Waals surface area contributed by atoms with Crippen molar-refractivity contribution in [3.8, 4) is 0 Å². The number of unbranched alkanes of at least 4 members (excludes halogenated alkanes) is 4. The predicted octanol–water partition coefficient (Wildman–Crippen LogP) is -0.137. The first-order valence-corrected chi connectivity index (χ1v) is 10.0. The monoisotopic (exact) mass is 542 g/mol. The molecular weight excluding hydrogens is 511 g/mol. The van der Waals surface area contributed by atoms with Crippen LogP contribution in [0.1, 0.15) is 71.6 Å². The Bertz CT molecular complexity index is 581. The topological polar surface area (TPSA) is 79.4 Å². The van der Waals surface area contributed by atoms with Crippen molar-refractivity contribution in [3.63, 3.8) is 0 Å². The largest absolute Gasteiger partial charge is 1.00 e. The molecule has 0 heterocycles. The molecule has 2 amide bonds. The summed E-state index contributed by atoms with van der Waals surface area (Å²) in [6.45, 7) is 4.35. The number of carbonyl (C=O) groups excluding carboxylic acids is 3. The fraction of sp³-hybridized carbons (Fsp3) is 0.591. The summed E-state index contributed by atoms with van der Waals surface area (Å²) in [5.41, 5.74) is 0.691. The Labute approximate surface area is 273 Å². The van der Waals surface area contributed by atoms with Gasteiger partial charge in [0.2, 0.25) is 0 Å². The molecule has 29 heavy (non-hydrogen) atoms. The smallest absolute Gasteiger partial charge is 0.653 e. The van der Waals surface area contributed by atoms with Crippen molar-refractivity contribution in [2.45, 2.75) is 71.6 Å². The van der Waals surface area contributed by atoms with E-state index in [1.807, 2.05) is 44.2 Å². The molecule has 0 fully saturated rings. The molecular formula is C22H32N2O3Rb2. The molecule has 7 heteroatoms. The Morgan fingerprint density at radius 3 is 1.93 bits per heavy atom. The van der Waals surface area contributed by atoms with Crippen LogP contribution in [0.25, 0.3) is 10.6 Å². The van der Waals surface area contributed by atoms with Gasteiger partial charge in [0.05, 0.1) is 11.8 Å². The van der Waals surface area contributed by atoms with E-state index in [1.54, 1.807) is 0 Å². The molecule has 0 aliphatic rings. The third-order valence-corrected chi connectivity index (χ3v) is 4.30. The summed E-state index contributed by atoms with van der Waals surface area (Å²) < 4.78 is 0. The molecule has 0 N–H and O–H groups in total. The van der Waals surface area contributed by atoms with E-state index in [0.717, 1.165) is 38.5 Å². The number of hydrogen-bond donors (Lipinski definition) is 0. The second-order valence-electron chi connectivity index (χ2n) is 7.11. The first-order valence-electron chi connectivity index (χ1n) is 10.0. The number of nitrogens with zero attached hydrogens (tertiary/aromatic N) is 2. The van der Waals surface area contributed by atoms with Gasteiger partial charge in [0.15, 0.2) is 0 Å². The standard InChI is InChI=1S/C22H34N2O3.2Rb/c1-18(2)20(25)14-8-4-9-15-21(26)23-17-11-5-10-16-22(27)24-19-12-6-3-7-13-19;;/h3,6-7,12-13,18H,4-5,8-11,14-17H2,1-2H3,(H2,23,24,26,27);;/q;2*+1/p-2. The van der Waals surface area contributed by atoms with E-state index in [1.165, 1.54) is 0 Å². The summed E-state index contributed by atoms with van der Waals surface area (Å²) in [6.07, 6.45) is 6.49. The van der Waals surface area contributed by atoms with Gasteiger partial charge in [0.25, 0.3) is 0 Å². The Kier molecular flexibility index (Phi) is 24.0. The summed E-state index contributed by atoms with van der Waals surface area (Å²) in [6, 6.07) is 9.23. The number of hydrogen-bond acceptors (Lipinski definition) is 3. The van der Waals surface area contributed by atoms with Gasteiger partial charge in [0.1, 0.15) is 5.78 Å². The number of carbonyl (C=O) groups is 3. The first-order chi connectivity index (χ1) is 13.0. The van der Waals surface area contributed by atoms with E-state index in [4.69, 9.17) is 0 Å². The van der Waals surface area contributed by atoms with Crippen LogP contribution in [0.5, 0.6) is 0 Å². The summed E-state index contributed by atoms with van der Waals surface area (Å²) in [5.74, 6) is 0.232. The minimum absolute atomic E-state index is 0. The van der Waals surface area contributed by atoms with Gasteiger partial charge >= 0.3 is 116 Å². The van der Waals surface area contributed by atoms with Gasteiger partial charge in [-0.15, -0.1) is 12.2 Å². The average Bonchev–Trinajstić information content (AvgIpc) is 2.64. The summed E-state index contributed by atoms with van der Waals surface area (Å²) >= 11 is 0. The van der Waals surface area contributed by atoms with Crippen LogP contribution < -0.4 is 116 Å². The number of para-hydroxylation sites is 1. The van der Waals surface area contributed by atoms with Crippen molar-refractivity contribution in [1.29, 1.82) is 0 Å².